The van der Waals surface area contributed by atoms with Gasteiger partial charge in [0.25, 0.3) is 0 Å². The zero-order valence-electron chi connectivity index (χ0n) is 8.16. The van der Waals surface area contributed by atoms with E-state index in [1.54, 1.807) is 0 Å². The maximum absolute atomic E-state index is 10.7. The van der Waals surface area contributed by atoms with Gasteiger partial charge in [-0.15, -0.1) is 0 Å². The van der Waals surface area contributed by atoms with Crippen molar-refractivity contribution in [2.45, 2.75) is 25.3 Å². The molecule has 5 nitrogen and oxygen atoms in total. The van der Waals surface area contributed by atoms with Gasteiger partial charge in [-0.2, -0.15) is 0 Å². The molecule has 1 fully saturated rings. The van der Waals surface area contributed by atoms with Gasteiger partial charge in [0.15, 0.2) is 0 Å². The van der Waals surface area contributed by atoms with Crippen molar-refractivity contribution in [2.24, 2.45) is 0 Å². The van der Waals surface area contributed by atoms with Crippen molar-refractivity contribution < 1.29 is 4.92 Å². The molecule has 0 radical (unpaired) electrons. The number of nitrogens with one attached hydrogen (secondary N) is 1. The average Bonchev–Trinajstić information content (AvgIpc) is 2.82. The first kappa shape index (κ1) is 10.2. The molecule has 0 bridgehead atoms. The van der Waals surface area contributed by atoms with E-state index in [2.05, 4.69) is 10.3 Å². The highest BCUT2D eigenvalue weighted by Gasteiger charge is 2.39. The molecule has 6 heteroatoms. The molecule has 1 aliphatic rings. The second-order valence-electron chi connectivity index (χ2n) is 3.94. The molecule has 0 aromatic carbocycles. The van der Waals surface area contributed by atoms with Gasteiger partial charge in [-0.1, -0.05) is 11.6 Å². The Morgan fingerprint density at radius 1 is 1.60 bits per heavy atom. The van der Waals surface area contributed by atoms with Crippen molar-refractivity contribution in [2.75, 3.05) is 5.32 Å². The minimum Gasteiger partial charge on any atom is -0.359 e. The molecule has 1 aliphatic carbocycles. The summed E-state index contributed by atoms with van der Waals surface area (Å²) in [5, 5.41) is 14.0. The maximum Gasteiger partial charge on any atom is 0.311 e. The maximum atomic E-state index is 10.7. The second kappa shape index (κ2) is 3.34. The van der Waals surface area contributed by atoms with E-state index in [0.29, 0.717) is 0 Å². The van der Waals surface area contributed by atoms with E-state index in [4.69, 9.17) is 11.6 Å². The molecule has 0 aliphatic heterocycles. The third-order valence-electron chi connectivity index (χ3n) is 2.46. The number of aromatic nitrogens is 1. The van der Waals surface area contributed by atoms with Crippen LogP contribution >= 0.6 is 11.6 Å². The second-order valence-corrected chi connectivity index (χ2v) is 4.33. The largest absolute Gasteiger partial charge is 0.359 e. The van der Waals surface area contributed by atoms with E-state index in [9.17, 15) is 10.1 Å². The van der Waals surface area contributed by atoms with Gasteiger partial charge in [0.1, 0.15) is 5.15 Å². The number of nitrogens with zero attached hydrogens (tertiary/aromatic N) is 2. The van der Waals surface area contributed by atoms with Gasteiger partial charge in [-0.3, -0.25) is 10.1 Å². The third-order valence-corrected chi connectivity index (χ3v) is 2.67. The Hall–Kier alpha value is -1.36. The fourth-order valence-corrected chi connectivity index (χ4v) is 1.41. The molecule has 2 rings (SSSR count). The Morgan fingerprint density at radius 3 is 2.80 bits per heavy atom. The number of hydrogen-bond donors (Lipinski definition) is 1. The summed E-state index contributed by atoms with van der Waals surface area (Å²) in [7, 11) is 0. The van der Waals surface area contributed by atoms with Crippen molar-refractivity contribution in [1.29, 1.82) is 0 Å². The Labute approximate surface area is 91.6 Å². The van der Waals surface area contributed by atoms with E-state index in [-0.39, 0.29) is 22.2 Å². The lowest BCUT2D eigenvalue weighted by Crippen LogP contribution is -2.18. The van der Waals surface area contributed by atoms with E-state index in [0.717, 1.165) is 12.8 Å². The van der Waals surface area contributed by atoms with Crippen molar-refractivity contribution in [3.05, 3.63) is 27.4 Å². The van der Waals surface area contributed by atoms with Crippen LogP contribution in [0, 0.1) is 10.1 Å². The SMILES string of the molecule is CC1(Nc2nc(Cl)ccc2[N+](=O)[O-])CC1. The number of halogens is 1. The summed E-state index contributed by atoms with van der Waals surface area (Å²) >= 11 is 5.70. The summed E-state index contributed by atoms with van der Waals surface area (Å²) in [6.45, 7) is 2.00. The van der Waals surface area contributed by atoms with Crippen LogP contribution in [0.3, 0.4) is 0 Å². The molecule has 0 amide bonds. The van der Waals surface area contributed by atoms with Crippen molar-refractivity contribution in [1.82, 2.24) is 4.98 Å². The Kier molecular flexibility index (Phi) is 2.26. The number of rotatable bonds is 3. The fraction of sp³-hybridized carbons (Fsp3) is 0.444. The Morgan fingerprint density at radius 2 is 2.27 bits per heavy atom. The molecule has 0 unspecified atom stereocenters. The lowest BCUT2D eigenvalue weighted by atomic mass is 10.3. The number of nitro groups is 1. The molecule has 80 valence electrons. The van der Waals surface area contributed by atoms with Crippen molar-refractivity contribution in [3.8, 4) is 0 Å². The minimum atomic E-state index is -0.461. The summed E-state index contributed by atoms with van der Waals surface area (Å²) in [6, 6.07) is 2.78. The van der Waals surface area contributed by atoms with E-state index < -0.39 is 4.92 Å². The van der Waals surface area contributed by atoms with Gasteiger partial charge in [0.2, 0.25) is 5.82 Å². The average molecular weight is 228 g/mol. The van der Waals surface area contributed by atoms with E-state index >= 15 is 0 Å². The molecular weight excluding hydrogens is 218 g/mol. The molecule has 15 heavy (non-hydrogen) atoms. The summed E-state index contributed by atoms with van der Waals surface area (Å²) in [4.78, 5) is 14.2. The fourth-order valence-electron chi connectivity index (χ4n) is 1.27. The predicted octanol–water partition coefficient (Wildman–Crippen LogP) is 2.61. The van der Waals surface area contributed by atoms with Crippen LogP contribution in [0.2, 0.25) is 5.15 Å². The highest BCUT2D eigenvalue weighted by Crippen LogP contribution is 2.39. The van der Waals surface area contributed by atoms with Crippen molar-refractivity contribution >= 4 is 23.1 Å². The van der Waals surface area contributed by atoms with Crippen molar-refractivity contribution in [3.63, 3.8) is 0 Å². The molecule has 0 atom stereocenters. The van der Waals surface area contributed by atoms with Gasteiger partial charge in [-0.05, 0) is 25.8 Å². The number of anilines is 1. The highest BCUT2D eigenvalue weighted by molar-refractivity contribution is 6.29. The summed E-state index contributed by atoms with van der Waals surface area (Å²) < 4.78 is 0. The molecule has 1 saturated carbocycles. The van der Waals surface area contributed by atoms with Gasteiger partial charge < -0.3 is 5.32 Å². The molecule has 0 spiro atoms. The highest BCUT2D eigenvalue weighted by atomic mass is 35.5. The first-order chi connectivity index (χ1) is 7.00. The van der Waals surface area contributed by atoms with Crippen LogP contribution in [0.25, 0.3) is 0 Å². The third kappa shape index (κ3) is 2.18. The molecule has 1 N–H and O–H groups in total. The zero-order chi connectivity index (χ0) is 11.1. The molecule has 0 saturated heterocycles. The Balaban J connectivity index is 2.34. The predicted molar refractivity (Wildman–Crippen MR) is 57.2 cm³/mol. The summed E-state index contributed by atoms with van der Waals surface area (Å²) in [5.74, 6) is 0.257. The quantitative estimate of drug-likeness (QED) is 0.490. The topological polar surface area (TPSA) is 68.1 Å². The minimum absolute atomic E-state index is 0.0347. The summed E-state index contributed by atoms with van der Waals surface area (Å²) in [6.07, 6.45) is 2.00. The van der Waals surface area contributed by atoms with Crippen LogP contribution in [-0.4, -0.2) is 15.4 Å². The van der Waals surface area contributed by atoms with Crippen LogP contribution in [0.15, 0.2) is 12.1 Å². The first-order valence-corrected chi connectivity index (χ1v) is 4.97. The van der Waals surface area contributed by atoms with Gasteiger partial charge in [-0.25, -0.2) is 4.98 Å². The number of hydrogen-bond acceptors (Lipinski definition) is 4. The van der Waals surface area contributed by atoms with E-state index in [1.165, 1.54) is 12.1 Å². The van der Waals surface area contributed by atoms with Gasteiger partial charge in [0, 0.05) is 11.6 Å². The normalized spacial score (nSPS) is 17.2. The first-order valence-electron chi connectivity index (χ1n) is 4.59. The summed E-state index contributed by atoms with van der Waals surface area (Å²) in [5.41, 5.74) is -0.0878. The van der Waals surface area contributed by atoms with Gasteiger partial charge >= 0.3 is 5.69 Å². The van der Waals surface area contributed by atoms with Crippen LogP contribution in [-0.2, 0) is 0 Å². The molecule has 1 aromatic heterocycles. The Bertz CT molecular complexity index is 418. The molecular formula is C9H10ClN3O2. The smallest absolute Gasteiger partial charge is 0.311 e. The van der Waals surface area contributed by atoms with Crippen LogP contribution < -0.4 is 5.32 Å². The lowest BCUT2D eigenvalue weighted by Gasteiger charge is -2.11. The van der Waals surface area contributed by atoms with Crippen LogP contribution in [0.5, 0.6) is 0 Å². The standard InChI is InChI=1S/C9H10ClN3O2/c1-9(4-5-9)12-8-6(13(14)15)2-3-7(10)11-8/h2-3H,4-5H2,1H3,(H,11,12). The van der Waals surface area contributed by atoms with Gasteiger partial charge in [0.05, 0.1) is 4.92 Å². The molecule has 1 aromatic rings. The van der Waals surface area contributed by atoms with Crippen LogP contribution in [0.4, 0.5) is 11.5 Å². The molecule has 1 heterocycles. The lowest BCUT2D eigenvalue weighted by molar-refractivity contribution is -0.384. The monoisotopic (exact) mass is 227 g/mol. The van der Waals surface area contributed by atoms with Crippen LogP contribution in [0.1, 0.15) is 19.8 Å². The number of pyridine rings is 1. The van der Waals surface area contributed by atoms with E-state index in [1.807, 2.05) is 6.92 Å². The zero-order valence-corrected chi connectivity index (χ0v) is 8.91.